The standard InChI is InChI=1S/C28H32N4O3/c33-13-10-30-8-6-21(7-9-30)22-2-1-3-23(16-22)24-4-5-26-27(17-24)35-20-28-29-25(19-32(26)28)18-31-11-14-34-15-12-31/h1-6,16-17,19,33H,7-15,18,20H2. The zero-order valence-corrected chi connectivity index (χ0v) is 20.0. The molecule has 3 aromatic rings. The van der Waals surface area contributed by atoms with E-state index in [1.54, 1.807) is 0 Å². The summed E-state index contributed by atoms with van der Waals surface area (Å²) in [5, 5.41) is 9.19. The zero-order valence-electron chi connectivity index (χ0n) is 20.0. The topological polar surface area (TPSA) is 63.0 Å². The normalized spacial score (nSPS) is 18.5. The number of aromatic nitrogens is 2. The van der Waals surface area contributed by atoms with Gasteiger partial charge >= 0.3 is 0 Å². The molecule has 0 radical (unpaired) electrons. The highest BCUT2D eigenvalue weighted by atomic mass is 16.5. The SMILES string of the molecule is OCCN1CC=C(c2cccc(-c3ccc4c(c3)OCc3nc(CN5CCOCC5)cn3-4)c2)CC1. The van der Waals surface area contributed by atoms with E-state index >= 15 is 0 Å². The van der Waals surface area contributed by atoms with Gasteiger partial charge in [0.2, 0.25) is 0 Å². The van der Waals surface area contributed by atoms with Gasteiger partial charge in [0.25, 0.3) is 0 Å². The summed E-state index contributed by atoms with van der Waals surface area (Å²) >= 11 is 0. The van der Waals surface area contributed by atoms with E-state index in [1.807, 2.05) is 0 Å². The van der Waals surface area contributed by atoms with Crippen molar-refractivity contribution in [2.75, 3.05) is 52.5 Å². The minimum absolute atomic E-state index is 0.217. The Kier molecular flexibility index (Phi) is 6.39. The fourth-order valence-electron chi connectivity index (χ4n) is 5.21. The van der Waals surface area contributed by atoms with Crippen LogP contribution in [0.15, 0.2) is 54.7 Å². The number of imidazole rings is 1. The zero-order chi connectivity index (χ0) is 23.6. The molecule has 0 aliphatic carbocycles. The molecular weight excluding hydrogens is 440 g/mol. The quantitative estimate of drug-likeness (QED) is 0.594. The minimum atomic E-state index is 0.217. The molecule has 4 heterocycles. The predicted octanol–water partition coefficient (Wildman–Crippen LogP) is 3.35. The molecule has 2 aromatic carbocycles. The van der Waals surface area contributed by atoms with Gasteiger partial charge in [0.1, 0.15) is 12.4 Å². The average Bonchev–Trinajstić information content (AvgIpc) is 3.32. The summed E-state index contributed by atoms with van der Waals surface area (Å²) in [6, 6.07) is 15.2. The van der Waals surface area contributed by atoms with Crippen molar-refractivity contribution in [2.24, 2.45) is 0 Å². The molecule has 3 aliphatic rings. The molecule has 0 saturated carbocycles. The molecule has 7 nitrogen and oxygen atoms in total. The molecule has 3 aliphatic heterocycles. The number of nitrogens with zero attached hydrogens (tertiary/aromatic N) is 4. The van der Waals surface area contributed by atoms with E-state index in [2.05, 4.69) is 69.1 Å². The van der Waals surface area contributed by atoms with Crippen LogP contribution >= 0.6 is 0 Å². The monoisotopic (exact) mass is 472 g/mol. The highest BCUT2D eigenvalue weighted by molar-refractivity contribution is 5.75. The van der Waals surface area contributed by atoms with Crippen LogP contribution in [0, 0.1) is 0 Å². The van der Waals surface area contributed by atoms with Gasteiger partial charge in [-0.1, -0.05) is 30.3 Å². The molecule has 1 saturated heterocycles. The van der Waals surface area contributed by atoms with Crippen molar-refractivity contribution in [3.05, 3.63) is 71.8 Å². The van der Waals surface area contributed by atoms with Gasteiger partial charge in [0.15, 0.2) is 5.82 Å². The van der Waals surface area contributed by atoms with Gasteiger partial charge in [-0.3, -0.25) is 14.4 Å². The largest absolute Gasteiger partial charge is 0.483 e. The van der Waals surface area contributed by atoms with Crippen LogP contribution in [0.3, 0.4) is 0 Å². The fraction of sp³-hybridized carbons (Fsp3) is 0.393. The lowest BCUT2D eigenvalue weighted by Gasteiger charge is -2.25. The molecule has 35 heavy (non-hydrogen) atoms. The molecule has 1 N–H and O–H groups in total. The second-order valence-corrected chi connectivity index (χ2v) is 9.46. The smallest absolute Gasteiger partial charge is 0.151 e. The van der Waals surface area contributed by atoms with E-state index in [-0.39, 0.29) is 6.61 Å². The van der Waals surface area contributed by atoms with Crippen molar-refractivity contribution in [1.82, 2.24) is 19.4 Å². The van der Waals surface area contributed by atoms with Crippen molar-refractivity contribution in [2.45, 2.75) is 19.6 Å². The highest BCUT2D eigenvalue weighted by Gasteiger charge is 2.22. The van der Waals surface area contributed by atoms with E-state index in [0.29, 0.717) is 6.61 Å². The van der Waals surface area contributed by atoms with Gasteiger partial charge in [-0.05, 0) is 46.9 Å². The maximum absolute atomic E-state index is 9.19. The lowest BCUT2D eigenvalue weighted by molar-refractivity contribution is 0.0337. The summed E-state index contributed by atoms with van der Waals surface area (Å²) in [6.45, 7) is 7.67. The number of aliphatic hydroxyl groups is 1. The number of hydrogen-bond donors (Lipinski definition) is 1. The Bertz CT molecular complexity index is 1230. The number of rotatable bonds is 6. The molecule has 7 heteroatoms. The lowest BCUT2D eigenvalue weighted by atomic mass is 9.95. The van der Waals surface area contributed by atoms with Crippen molar-refractivity contribution < 1.29 is 14.6 Å². The Labute approximate surface area is 206 Å². The van der Waals surface area contributed by atoms with Crippen molar-refractivity contribution in [1.29, 1.82) is 0 Å². The van der Waals surface area contributed by atoms with Crippen LogP contribution in [0.25, 0.3) is 22.4 Å². The van der Waals surface area contributed by atoms with Gasteiger partial charge in [-0.2, -0.15) is 0 Å². The first kappa shape index (κ1) is 22.5. The summed E-state index contributed by atoms with van der Waals surface area (Å²) < 4.78 is 13.8. The number of morpholine rings is 1. The van der Waals surface area contributed by atoms with Crippen LogP contribution in [0.4, 0.5) is 0 Å². The molecule has 6 rings (SSSR count). The number of β-amino-alcohol motifs (C(OH)–C–C–N with tert-alkyl or cyclic N) is 1. The molecule has 0 amide bonds. The number of fused-ring (bicyclic) bond motifs is 3. The summed E-state index contributed by atoms with van der Waals surface area (Å²) in [4.78, 5) is 9.51. The van der Waals surface area contributed by atoms with Crippen molar-refractivity contribution in [3.8, 4) is 22.6 Å². The Balaban J connectivity index is 1.22. The van der Waals surface area contributed by atoms with E-state index in [1.165, 1.54) is 16.7 Å². The van der Waals surface area contributed by atoms with Crippen molar-refractivity contribution >= 4 is 5.57 Å². The number of ether oxygens (including phenoxy) is 2. The molecular formula is C28H32N4O3. The second kappa shape index (κ2) is 9.95. The lowest BCUT2D eigenvalue weighted by Crippen LogP contribution is -2.35. The molecule has 0 spiro atoms. The molecule has 0 unspecified atom stereocenters. The summed E-state index contributed by atoms with van der Waals surface area (Å²) in [7, 11) is 0. The number of hydrogen-bond acceptors (Lipinski definition) is 6. The third kappa shape index (κ3) is 4.77. The van der Waals surface area contributed by atoms with Crippen LogP contribution in [0.1, 0.15) is 23.5 Å². The van der Waals surface area contributed by atoms with Gasteiger partial charge < -0.3 is 14.6 Å². The molecule has 1 fully saturated rings. The Morgan fingerprint density at radius 3 is 2.63 bits per heavy atom. The molecule has 182 valence electrons. The van der Waals surface area contributed by atoms with Crippen LogP contribution in [0.2, 0.25) is 0 Å². The summed E-state index contributed by atoms with van der Waals surface area (Å²) in [5.74, 6) is 1.85. The number of benzene rings is 2. The van der Waals surface area contributed by atoms with Crippen LogP contribution in [-0.4, -0.2) is 77.0 Å². The molecule has 0 bridgehead atoms. The molecule has 0 atom stereocenters. The Morgan fingerprint density at radius 2 is 1.80 bits per heavy atom. The first-order valence-electron chi connectivity index (χ1n) is 12.5. The maximum Gasteiger partial charge on any atom is 0.151 e. The first-order valence-corrected chi connectivity index (χ1v) is 12.5. The van der Waals surface area contributed by atoms with Gasteiger partial charge in [-0.15, -0.1) is 0 Å². The summed E-state index contributed by atoms with van der Waals surface area (Å²) in [6.07, 6.45) is 5.46. The van der Waals surface area contributed by atoms with E-state index in [0.717, 1.165) is 87.4 Å². The Morgan fingerprint density at radius 1 is 0.943 bits per heavy atom. The van der Waals surface area contributed by atoms with E-state index in [4.69, 9.17) is 14.5 Å². The Hall–Kier alpha value is -2.97. The highest BCUT2D eigenvalue weighted by Crippen LogP contribution is 2.35. The summed E-state index contributed by atoms with van der Waals surface area (Å²) in [5.41, 5.74) is 7.12. The maximum atomic E-state index is 9.19. The number of aliphatic hydroxyl groups excluding tert-OH is 1. The predicted molar refractivity (Wildman–Crippen MR) is 136 cm³/mol. The third-order valence-corrected chi connectivity index (χ3v) is 7.17. The van der Waals surface area contributed by atoms with Crippen LogP contribution < -0.4 is 4.74 Å². The average molecular weight is 473 g/mol. The van der Waals surface area contributed by atoms with E-state index in [9.17, 15) is 5.11 Å². The van der Waals surface area contributed by atoms with Crippen molar-refractivity contribution in [3.63, 3.8) is 0 Å². The van der Waals surface area contributed by atoms with Gasteiger partial charge in [0, 0.05) is 45.5 Å². The van der Waals surface area contributed by atoms with Gasteiger partial charge in [0.05, 0.1) is 31.2 Å². The first-order chi connectivity index (χ1) is 17.3. The van der Waals surface area contributed by atoms with Crippen LogP contribution in [-0.2, 0) is 17.9 Å². The fourth-order valence-corrected chi connectivity index (χ4v) is 5.21. The molecule has 1 aromatic heterocycles. The van der Waals surface area contributed by atoms with Crippen LogP contribution in [0.5, 0.6) is 5.75 Å². The second-order valence-electron chi connectivity index (χ2n) is 9.46. The van der Waals surface area contributed by atoms with Gasteiger partial charge in [-0.25, -0.2) is 4.98 Å². The minimum Gasteiger partial charge on any atom is -0.483 e. The van der Waals surface area contributed by atoms with E-state index < -0.39 is 0 Å². The third-order valence-electron chi connectivity index (χ3n) is 7.17.